The van der Waals surface area contributed by atoms with Gasteiger partial charge in [0.15, 0.2) is 5.76 Å². The maximum Gasteiger partial charge on any atom is 0.167 e. The van der Waals surface area contributed by atoms with Gasteiger partial charge in [0.05, 0.1) is 0 Å². The minimum atomic E-state index is -0.326. The van der Waals surface area contributed by atoms with E-state index in [-0.39, 0.29) is 17.0 Å². The van der Waals surface area contributed by atoms with Gasteiger partial charge in [0.1, 0.15) is 5.82 Å². The third-order valence-electron chi connectivity index (χ3n) is 4.35. The summed E-state index contributed by atoms with van der Waals surface area (Å²) in [5, 5.41) is 9.40. The molecule has 0 heterocycles. The van der Waals surface area contributed by atoms with Crippen molar-refractivity contribution < 1.29 is 9.50 Å². The molecule has 1 fully saturated rings. The van der Waals surface area contributed by atoms with Crippen molar-refractivity contribution in [1.82, 2.24) is 0 Å². The van der Waals surface area contributed by atoms with Gasteiger partial charge in [-0.25, -0.2) is 4.39 Å². The van der Waals surface area contributed by atoms with E-state index in [1.165, 1.54) is 12.5 Å². The SMILES string of the molecule is OC1=C=C=C(C2(c3ccccc3F)CCCCC2)C=C1. The molecule has 1 aromatic carbocycles. The Labute approximate surface area is 118 Å². The lowest BCUT2D eigenvalue weighted by Gasteiger charge is -2.38. The van der Waals surface area contributed by atoms with E-state index in [0.29, 0.717) is 0 Å². The van der Waals surface area contributed by atoms with Crippen LogP contribution in [0, 0.1) is 5.82 Å². The van der Waals surface area contributed by atoms with Gasteiger partial charge in [-0.2, -0.15) is 0 Å². The molecule has 0 radical (unpaired) electrons. The summed E-state index contributed by atoms with van der Waals surface area (Å²) in [5.41, 5.74) is 7.10. The normalized spacial score (nSPS) is 20.4. The summed E-state index contributed by atoms with van der Waals surface area (Å²) in [7, 11) is 0. The van der Waals surface area contributed by atoms with Gasteiger partial charge < -0.3 is 5.11 Å². The molecule has 1 N–H and O–H groups in total. The lowest BCUT2D eigenvalue weighted by atomic mass is 9.64. The topological polar surface area (TPSA) is 20.2 Å². The zero-order valence-electron chi connectivity index (χ0n) is 11.3. The van der Waals surface area contributed by atoms with Crippen LogP contribution in [0.2, 0.25) is 0 Å². The zero-order chi connectivity index (χ0) is 14.0. The lowest BCUT2D eigenvalue weighted by molar-refractivity contribution is 0.334. The van der Waals surface area contributed by atoms with Crippen LogP contribution >= 0.6 is 0 Å². The van der Waals surface area contributed by atoms with Gasteiger partial charge in [0.25, 0.3) is 0 Å². The highest BCUT2D eigenvalue weighted by atomic mass is 19.1. The first-order chi connectivity index (χ1) is 9.72. The molecule has 0 amide bonds. The second-order valence-electron chi connectivity index (χ2n) is 5.50. The van der Waals surface area contributed by atoms with Crippen LogP contribution in [0.25, 0.3) is 0 Å². The van der Waals surface area contributed by atoms with Crippen LogP contribution in [0.4, 0.5) is 4.39 Å². The van der Waals surface area contributed by atoms with Crippen molar-refractivity contribution >= 4 is 0 Å². The molecule has 102 valence electrons. The second kappa shape index (κ2) is 5.17. The molecule has 0 aromatic heterocycles. The van der Waals surface area contributed by atoms with Crippen LogP contribution in [0.15, 0.2) is 59.2 Å². The summed E-state index contributed by atoms with van der Waals surface area (Å²) in [6.45, 7) is 0. The summed E-state index contributed by atoms with van der Waals surface area (Å²) in [5.74, 6) is -0.0795. The molecule has 0 spiro atoms. The quantitative estimate of drug-likeness (QED) is 0.769. The summed E-state index contributed by atoms with van der Waals surface area (Å²) in [6.07, 6.45) is 8.67. The predicted molar refractivity (Wildman–Crippen MR) is 77.0 cm³/mol. The monoisotopic (exact) mass is 268 g/mol. The maximum atomic E-state index is 14.3. The fourth-order valence-corrected chi connectivity index (χ4v) is 3.34. The number of halogens is 1. The summed E-state index contributed by atoms with van der Waals surface area (Å²) < 4.78 is 14.3. The Balaban J connectivity index is 2.19. The van der Waals surface area contributed by atoms with Gasteiger partial charge in [0, 0.05) is 11.0 Å². The standard InChI is InChI=1S/C18H17FO/c19-17-7-3-2-6-16(17)18(12-4-1-5-13-18)14-8-10-15(20)11-9-14/h2-3,6-8,10,20H,1,4-5,12-13H2. The molecule has 1 aromatic rings. The number of rotatable bonds is 2. The van der Waals surface area contributed by atoms with Crippen LogP contribution in [-0.4, -0.2) is 5.11 Å². The average molecular weight is 268 g/mol. The van der Waals surface area contributed by atoms with E-state index in [2.05, 4.69) is 11.5 Å². The Morgan fingerprint density at radius 2 is 1.75 bits per heavy atom. The molecule has 2 aliphatic carbocycles. The van der Waals surface area contributed by atoms with Gasteiger partial charge in [-0.1, -0.05) is 43.2 Å². The molecule has 2 aliphatic rings. The Hall–Kier alpha value is -2.01. The van der Waals surface area contributed by atoms with E-state index in [0.717, 1.165) is 36.8 Å². The van der Waals surface area contributed by atoms with Crippen molar-refractivity contribution in [3.63, 3.8) is 0 Å². The fourth-order valence-electron chi connectivity index (χ4n) is 3.34. The van der Waals surface area contributed by atoms with E-state index >= 15 is 0 Å². The number of hydrogen-bond acceptors (Lipinski definition) is 1. The number of aliphatic hydroxyl groups is 1. The highest BCUT2D eigenvalue weighted by molar-refractivity contribution is 5.45. The number of benzene rings is 1. The van der Waals surface area contributed by atoms with Crippen LogP contribution in [0.5, 0.6) is 0 Å². The van der Waals surface area contributed by atoms with Crippen LogP contribution in [0.1, 0.15) is 37.7 Å². The first kappa shape index (κ1) is 13.0. The molecule has 1 nitrogen and oxygen atoms in total. The first-order valence-electron chi connectivity index (χ1n) is 7.11. The molecule has 3 rings (SSSR count). The van der Waals surface area contributed by atoms with E-state index < -0.39 is 0 Å². The number of allylic oxidation sites excluding steroid dienone is 3. The molecule has 0 unspecified atom stereocenters. The van der Waals surface area contributed by atoms with E-state index in [4.69, 9.17) is 0 Å². The Morgan fingerprint density at radius 1 is 1.00 bits per heavy atom. The predicted octanol–water partition coefficient (Wildman–Crippen LogP) is 4.72. The zero-order valence-corrected chi connectivity index (χ0v) is 11.3. The van der Waals surface area contributed by atoms with Crippen molar-refractivity contribution in [3.05, 3.63) is 70.6 Å². The molecule has 2 heteroatoms. The molecule has 0 atom stereocenters. The van der Waals surface area contributed by atoms with Crippen molar-refractivity contribution in [2.75, 3.05) is 0 Å². The fraction of sp³-hybridized carbons (Fsp3) is 0.333. The van der Waals surface area contributed by atoms with Gasteiger partial charge >= 0.3 is 0 Å². The Bertz CT molecular complexity index is 650. The van der Waals surface area contributed by atoms with Crippen LogP contribution < -0.4 is 0 Å². The summed E-state index contributed by atoms with van der Waals surface area (Å²) in [6, 6.07) is 7.01. The van der Waals surface area contributed by atoms with Gasteiger partial charge in [0.2, 0.25) is 0 Å². The van der Waals surface area contributed by atoms with Crippen LogP contribution in [-0.2, 0) is 5.41 Å². The van der Waals surface area contributed by atoms with E-state index in [1.54, 1.807) is 12.1 Å². The molecular formula is C18H17FO. The minimum absolute atomic E-state index is 0.0771. The highest BCUT2D eigenvalue weighted by Crippen LogP contribution is 2.46. The van der Waals surface area contributed by atoms with Crippen molar-refractivity contribution in [2.24, 2.45) is 0 Å². The van der Waals surface area contributed by atoms with E-state index in [1.807, 2.05) is 18.2 Å². The first-order valence-corrected chi connectivity index (χ1v) is 7.11. The van der Waals surface area contributed by atoms with Crippen molar-refractivity contribution in [2.45, 2.75) is 37.5 Å². The van der Waals surface area contributed by atoms with Gasteiger partial charge in [-0.3, -0.25) is 0 Å². The smallest absolute Gasteiger partial charge is 0.167 e. The largest absolute Gasteiger partial charge is 0.501 e. The molecule has 0 bridgehead atoms. The third-order valence-corrected chi connectivity index (χ3v) is 4.35. The highest BCUT2D eigenvalue weighted by Gasteiger charge is 2.38. The summed E-state index contributed by atoms with van der Waals surface area (Å²) >= 11 is 0. The number of hydrogen-bond donors (Lipinski definition) is 1. The average Bonchev–Trinajstić information content (AvgIpc) is 2.49. The second-order valence-corrected chi connectivity index (χ2v) is 5.50. The molecular weight excluding hydrogens is 251 g/mol. The Morgan fingerprint density at radius 3 is 2.40 bits per heavy atom. The summed E-state index contributed by atoms with van der Waals surface area (Å²) in [4.78, 5) is 0. The van der Waals surface area contributed by atoms with Crippen molar-refractivity contribution in [3.8, 4) is 0 Å². The third kappa shape index (κ3) is 2.14. The molecule has 1 saturated carbocycles. The van der Waals surface area contributed by atoms with Gasteiger partial charge in [-0.15, -0.1) is 0 Å². The Kier molecular flexibility index (Phi) is 3.36. The molecule has 0 saturated heterocycles. The van der Waals surface area contributed by atoms with E-state index in [9.17, 15) is 9.50 Å². The van der Waals surface area contributed by atoms with Crippen molar-refractivity contribution in [1.29, 1.82) is 0 Å². The number of aliphatic hydroxyl groups excluding tert-OH is 1. The lowest BCUT2D eigenvalue weighted by Crippen LogP contribution is -2.31. The van der Waals surface area contributed by atoms with Gasteiger partial charge in [-0.05, 0) is 42.4 Å². The molecule has 0 aliphatic heterocycles. The van der Waals surface area contributed by atoms with Crippen LogP contribution in [0.3, 0.4) is 0 Å². The molecule has 20 heavy (non-hydrogen) atoms. The minimum Gasteiger partial charge on any atom is -0.501 e. The maximum absolute atomic E-state index is 14.3.